The van der Waals surface area contributed by atoms with Crippen LogP contribution in [0.1, 0.15) is 57.4 Å². The normalized spacial score (nSPS) is 23.4. The van der Waals surface area contributed by atoms with Gasteiger partial charge in [0.05, 0.1) is 6.61 Å². The molecular weight excluding hydrogens is 547 g/mol. The molecule has 1 aromatic rings. The maximum absolute atomic E-state index is 13.5. The summed E-state index contributed by atoms with van der Waals surface area (Å²) < 4.78 is 18.6. The molecule has 4 rings (SSSR count). The highest BCUT2D eigenvalue weighted by atomic mass is 35.5. The van der Waals surface area contributed by atoms with Gasteiger partial charge in [-0.05, 0) is 62.5 Å². The van der Waals surface area contributed by atoms with Gasteiger partial charge < -0.3 is 19.6 Å². The van der Waals surface area contributed by atoms with Crippen molar-refractivity contribution < 1.29 is 23.8 Å². The highest BCUT2D eigenvalue weighted by Gasteiger charge is 2.28. The lowest BCUT2D eigenvalue weighted by Crippen LogP contribution is -2.54. The first-order valence-corrected chi connectivity index (χ1v) is 14.9. The third-order valence-electron chi connectivity index (χ3n) is 8.18. The van der Waals surface area contributed by atoms with Crippen LogP contribution in [0.25, 0.3) is 6.08 Å². The molecule has 0 spiro atoms. The topological polar surface area (TPSA) is 85.3 Å². The Hall–Kier alpha value is -2.72. The molecule has 0 saturated carbocycles. The molecule has 2 fully saturated rings. The van der Waals surface area contributed by atoms with E-state index < -0.39 is 6.23 Å². The van der Waals surface area contributed by atoms with E-state index in [1.165, 1.54) is 5.57 Å². The minimum absolute atomic E-state index is 0.0210. The maximum Gasteiger partial charge on any atom is 0.409 e. The number of ether oxygens (including phenoxy) is 1. The van der Waals surface area contributed by atoms with E-state index in [1.54, 1.807) is 48.3 Å². The number of likely N-dealkylation sites (tertiary alicyclic amines) is 1. The van der Waals surface area contributed by atoms with E-state index in [0.29, 0.717) is 61.7 Å². The summed E-state index contributed by atoms with van der Waals surface area (Å²) in [5, 5.41) is 14.8. The van der Waals surface area contributed by atoms with Crippen LogP contribution >= 0.6 is 11.6 Å². The Morgan fingerprint density at radius 3 is 2.63 bits per heavy atom. The van der Waals surface area contributed by atoms with Crippen molar-refractivity contribution in [1.29, 1.82) is 0 Å². The second kappa shape index (κ2) is 14.4. The first-order valence-electron chi connectivity index (χ1n) is 14.6. The van der Waals surface area contributed by atoms with Gasteiger partial charge in [-0.3, -0.25) is 15.0 Å². The van der Waals surface area contributed by atoms with E-state index in [4.69, 9.17) is 16.3 Å². The van der Waals surface area contributed by atoms with Crippen molar-refractivity contribution in [2.75, 3.05) is 45.9 Å². The van der Waals surface area contributed by atoms with E-state index in [-0.39, 0.29) is 35.8 Å². The standard InChI is InChI=1S/C31H42ClFN4O4/c1-4-41-31(40)36-13-11-27(12-14-36)34-30(39)28-18-25(32)8-5-23(28)7-10-29(38)37-16-15-35(19-22(37)3)20-24-6-9-26(33)17-21(24)2/h5-10,18,21-22,27,30,34,39H,4,11-17,19-20H2,1-3H3/b10-7+. The highest BCUT2D eigenvalue weighted by molar-refractivity contribution is 6.30. The first kappa shape index (κ1) is 31.2. The van der Waals surface area contributed by atoms with Crippen molar-refractivity contribution in [2.24, 2.45) is 5.92 Å². The van der Waals surface area contributed by atoms with Gasteiger partial charge in [0, 0.05) is 74.4 Å². The molecule has 2 saturated heterocycles. The number of aliphatic hydroxyl groups excluding tert-OH is 1. The van der Waals surface area contributed by atoms with Gasteiger partial charge in [0.15, 0.2) is 0 Å². The molecule has 2 amide bonds. The van der Waals surface area contributed by atoms with Crippen molar-refractivity contribution in [3.63, 3.8) is 0 Å². The summed E-state index contributed by atoms with van der Waals surface area (Å²) in [4.78, 5) is 31.0. The van der Waals surface area contributed by atoms with E-state index in [2.05, 4.69) is 17.1 Å². The Morgan fingerprint density at radius 1 is 1.20 bits per heavy atom. The van der Waals surface area contributed by atoms with Crippen LogP contribution in [0.2, 0.25) is 5.02 Å². The SMILES string of the molecule is CCOC(=O)N1CCC(NC(O)c2cc(Cl)ccc2/C=C/C(=O)N2CCN(CC3=CC=C(F)CC3C)CC2C)CC1. The Bertz CT molecular complexity index is 1180. The lowest BCUT2D eigenvalue weighted by atomic mass is 9.92. The van der Waals surface area contributed by atoms with Crippen molar-refractivity contribution in [3.05, 3.63) is 64.0 Å². The van der Waals surface area contributed by atoms with Crippen molar-refractivity contribution >= 4 is 29.7 Å². The molecule has 2 aliphatic heterocycles. The molecule has 0 aromatic heterocycles. The minimum Gasteiger partial charge on any atom is -0.450 e. The number of piperidine rings is 1. The number of nitrogens with one attached hydrogen (secondary N) is 1. The van der Waals surface area contributed by atoms with Gasteiger partial charge in [-0.1, -0.05) is 36.2 Å². The van der Waals surface area contributed by atoms with Crippen molar-refractivity contribution in [1.82, 2.24) is 20.0 Å². The Labute approximate surface area is 247 Å². The fourth-order valence-corrected chi connectivity index (χ4v) is 5.95. The molecule has 2 N–H and O–H groups in total. The van der Waals surface area contributed by atoms with E-state index in [0.717, 1.165) is 19.6 Å². The largest absolute Gasteiger partial charge is 0.450 e. The van der Waals surface area contributed by atoms with E-state index in [1.807, 2.05) is 17.9 Å². The predicted molar refractivity (Wildman–Crippen MR) is 159 cm³/mol. The van der Waals surface area contributed by atoms with Gasteiger partial charge in [0.2, 0.25) is 5.91 Å². The zero-order valence-electron chi connectivity index (χ0n) is 24.2. The molecule has 41 heavy (non-hydrogen) atoms. The fourth-order valence-electron chi connectivity index (χ4n) is 5.77. The van der Waals surface area contributed by atoms with E-state index >= 15 is 0 Å². The van der Waals surface area contributed by atoms with Gasteiger partial charge in [0.1, 0.15) is 12.1 Å². The van der Waals surface area contributed by atoms with Crippen LogP contribution < -0.4 is 5.32 Å². The lowest BCUT2D eigenvalue weighted by Gasteiger charge is -2.40. The maximum atomic E-state index is 13.5. The highest BCUT2D eigenvalue weighted by Crippen LogP contribution is 2.27. The molecule has 3 atom stereocenters. The molecule has 1 aromatic carbocycles. The van der Waals surface area contributed by atoms with Crippen LogP contribution in [-0.2, 0) is 9.53 Å². The Morgan fingerprint density at radius 2 is 1.95 bits per heavy atom. The zero-order valence-corrected chi connectivity index (χ0v) is 24.9. The van der Waals surface area contributed by atoms with Crippen LogP contribution in [-0.4, -0.2) is 89.8 Å². The third kappa shape index (κ3) is 8.41. The zero-order chi connectivity index (χ0) is 29.5. The van der Waals surface area contributed by atoms with Crippen molar-refractivity contribution in [2.45, 2.75) is 58.3 Å². The summed E-state index contributed by atoms with van der Waals surface area (Å²) in [5.41, 5.74) is 2.52. The number of hydrogen-bond acceptors (Lipinski definition) is 6. The lowest BCUT2D eigenvalue weighted by molar-refractivity contribution is -0.130. The smallest absolute Gasteiger partial charge is 0.409 e. The third-order valence-corrected chi connectivity index (χ3v) is 8.41. The van der Waals surface area contributed by atoms with Crippen LogP contribution in [0.5, 0.6) is 0 Å². The van der Waals surface area contributed by atoms with Gasteiger partial charge in [-0.15, -0.1) is 0 Å². The van der Waals surface area contributed by atoms with Crippen LogP contribution in [0.3, 0.4) is 0 Å². The number of amides is 2. The average Bonchev–Trinajstić information content (AvgIpc) is 2.94. The number of piperazine rings is 1. The Kier molecular flexibility index (Phi) is 11.0. The molecule has 3 unspecified atom stereocenters. The number of carbonyl (C=O) groups excluding carboxylic acids is 2. The minimum atomic E-state index is -0.982. The number of halogens is 2. The summed E-state index contributed by atoms with van der Waals surface area (Å²) in [6.45, 7) is 10.2. The molecule has 3 aliphatic rings. The molecular formula is C31H42ClFN4O4. The Balaban J connectivity index is 1.33. The predicted octanol–water partition coefficient (Wildman–Crippen LogP) is 4.91. The molecule has 0 bridgehead atoms. The number of aliphatic hydroxyl groups is 1. The number of hydrogen-bond donors (Lipinski definition) is 2. The molecule has 10 heteroatoms. The fraction of sp³-hybridized carbons (Fsp3) is 0.548. The molecule has 0 radical (unpaired) electrons. The number of carbonyl (C=O) groups is 2. The summed E-state index contributed by atoms with van der Waals surface area (Å²) >= 11 is 6.26. The van der Waals surface area contributed by atoms with Crippen molar-refractivity contribution in [3.8, 4) is 0 Å². The number of allylic oxidation sites excluding steroid dienone is 3. The molecule has 224 valence electrons. The molecule has 2 heterocycles. The number of nitrogens with zero attached hydrogens (tertiary/aromatic N) is 3. The summed E-state index contributed by atoms with van der Waals surface area (Å²) in [6.07, 6.45) is 7.30. The number of rotatable bonds is 8. The quantitative estimate of drug-likeness (QED) is 0.332. The second-order valence-electron chi connectivity index (χ2n) is 11.2. The molecule has 8 nitrogen and oxygen atoms in total. The summed E-state index contributed by atoms with van der Waals surface area (Å²) in [6, 6.07) is 5.30. The van der Waals surface area contributed by atoms with Gasteiger partial charge in [-0.25, -0.2) is 9.18 Å². The van der Waals surface area contributed by atoms with E-state index in [9.17, 15) is 19.1 Å². The van der Waals surface area contributed by atoms with Gasteiger partial charge >= 0.3 is 6.09 Å². The monoisotopic (exact) mass is 588 g/mol. The van der Waals surface area contributed by atoms with Crippen LogP contribution in [0, 0.1) is 5.92 Å². The molecule has 1 aliphatic carbocycles. The van der Waals surface area contributed by atoms with Crippen LogP contribution in [0.4, 0.5) is 9.18 Å². The summed E-state index contributed by atoms with van der Waals surface area (Å²) in [7, 11) is 0. The van der Waals surface area contributed by atoms with Gasteiger partial charge in [0.25, 0.3) is 0 Å². The summed E-state index contributed by atoms with van der Waals surface area (Å²) in [5.74, 6) is 0.0381. The number of benzene rings is 1. The van der Waals surface area contributed by atoms with Gasteiger partial charge in [-0.2, -0.15) is 0 Å². The first-order chi connectivity index (χ1) is 19.6. The second-order valence-corrected chi connectivity index (χ2v) is 11.6. The average molecular weight is 589 g/mol. The van der Waals surface area contributed by atoms with Crippen LogP contribution in [0.15, 0.2) is 47.8 Å².